The van der Waals surface area contributed by atoms with E-state index in [2.05, 4.69) is 26.0 Å². The molecular weight excluding hydrogens is 352 g/mol. The molecular formula is C28H50O. The molecule has 0 spiro atoms. The summed E-state index contributed by atoms with van der Waals surface area (Å²) in [5.74, 6) is 1.20. The van der Waals surface area contributed by atoms with E-state index in [1.54, 1.807) is 0 Å². The van der Waals surface area contributed by atoms with Gasteiger partial charge in [-0.15, -0.1) is 0 Å². The molecule has 0 aromatic heterocycles. The first kappa shape index (κ1) is 26.1. The van der Waals surface area contributed by atoms with Crippen LogP contribution in [-0.2, 0) is 6.42 Å². The summed E-state index contributed by atoms with van der Waals surface area (Å²) in [5.41, 5.74) is 1.40. The summed E-state index contributed by atoms with van der Waals surface area (Å²) in [5, 5.41) is 9.55. The minimum atomic E-state index is 0.386. The van der Waals surface area contributed by atoms with Crippen molar-refractivity contribution in [3.63, 3.8) is 0 Å². The van der Waals surface area contributed by atoms with Crippen molar-refractivity contribution in [1.82, 2.24) is 0 Å². The standard InChI is InChI=1S/C28H50O/c1-3-5-7-9-11-13-15-17-19-26(25-27-21-23-28(29)24-22-27)20-18-16-14-12-10-8-6-4-2/h21-24,26,29H,3-20,25H2,1-2H3. The van der Waals surface area contributed by atoms with E-state index in [0.717, 1.165) is 5.92 Å². The second-order valence-corrected chi connectivity index (χ2v) is 9.26. The highest BCUT2D eigenvalue weighted by atomic mass is 16.3. The molecule has 1 nitrogen and oxygen atoms in total. The van der Waals surface area contributed by atoms with E-state index in [9.17, 15) is 5.11 Å². The predicted molar refractivity (Wildman–Crippen MR) is 130 cm³/mol. The molecule has 0 amide bonds. The highest BCUT2D eigenvalue weighted by molar-refractivity contribution is 5.26. The molecule has 0 saturated heterocycles. The Morgan fingerprint density at radius 1 is 0.552 bits per heavy atom. The van der Waals surface area contributed by atoms with Crippen molar-refractivity contribution >= 4 is 0 Å². The lowest BCUT2D eigenvalue weighted by molar-refractivity contribution is 0.399. The van der Waals surface area contributed by atoms with Gasteiger partial charge in [0.15, 0.2) is 0 Å². The lowest BCUT2D eigenvalue weighted by Crippen LogP contribution is -2.05. The number of hydrogen-bond acceptors (Lipinski definition) is 1. The van der Waals surface area contributed by atoms with Gasteiger partial charge < -0.3 is 5.11 Å². The fraction of sp³-hybridized carbons (Fsp3) is 0.786. The number of hydrogen-bond donors (Lipinski definition) is 1. The Morgan fingerprint density at radius 2 is 0.931 bits per heavy atom. The summed E-state index contributed by atoms with van der Waals surface area (Å²) in [6.07, 6.45) is 26.5. The van der Waals surface area contributed by atoms with Gasteiger partial charge in [-0.2, -0.15) is 0 Å². The molecule has 1 aromatic rings. The summed E-state index contributed by atoms with van der Waals surface area (Å²) in [6.45, 7) is 4.58. The molecule has 0 aliphatic carbocycles. The molecule has 0 aliphatic heterocycles. The van der Waals surface area contributed by atoms with Crippen LogP contribution in [0.4, 0.5) is 0 Å². The molecule has 1 rings (SSSR count). The summed E-state index contributed by atoms with van der Waals surface area (Å²) in [6, 6.07) is 7.92. The normalized spacial score (nSPS) is 11.4. The van der Waals surface area contributed by atoms with Gasteiger partial charge in [-0.05, 0) is 30.0 Å². The topological polar surface area (TPSA) is 20.2 Å². The maximum Gasteiger partial charge on any atom is 0.115 e. The van der Waals surface area contributed by atoms with Gasteiger partial charge in [0.05, 0.1) is 0 Å². The first-order valence-corrected chi connectivity index (χ1v) is 13.0. The van der Waals surface area contributed by atoms with E-state index in [1.165, 1.54) is 128 Å². The summed E-state index contributed by atoms with van der Waals surface area (Å²) in [4.78, 5) is 0. The Bertz CT molecular complexity index is 430. The Morgan fingerprint density at radius 3 is 1.34 bits per heavy atom. The van der Waals surface area contributed by atoms with E-state index in [1.807, 2.05) is 12.1 Å². The SMILES string of the molecule is CCCCCCCCCCC(CCCCCCCCCC)Cc1ccc(O)cc1. The summed E-state index contributed by atoms with van der Waals surface area (Å²) in [7, 11) is 0. The fourth-order valence-electron chi connectivity index (χ4n) is 4.45. The largest absolute Gasteiger partial charge is 0.508 e. The van der Waals surface area contributed by atoms with Gasteiger partial charge in [-0.25, -0.2) is 0 Å². The van der Waals surface area contributed by atoms with Crippen LogP contribution in [0.5, 0.6) is 5.75 Å². The Hall–Kier alpha value is -0.980. The van der Waals surface area contributed by atoms with Crippen molar-refractivity contribution in [2.75, 3.05) is 0 Å². The lowest BCUT2D eigenvalue weighted by atomic mass is 9.88. The van der Waals surface area contributed by atoms with E-state index in [0.29, 0.717) is 5.75 Å². The van der Waals surface area contributed by atoms with Crippen molar-refractivity contribution in [2.24, 2.45) is 5.92 Å². The first-order valence-electron chi connectivity index (χ1n) is 13.0. The van der Waals surface area contributed by atoms with E-state index in [-0.39, 0.29) is 0 Å². The highest BCUT2D eigenvalue weighted by Gasteiger charge is 2.10. The molecule has 0 radical (unpaired) electrons. The monoisotopic (exact) mass is 402 g/mol. The van der Waals surface area contributed by atoms with Crippen LogP contribution in [0.25, 0.3) is 0 Å². The van der Waals surface area contributed by atoms with Crippen LogP contribution in [0, 0.1) is 5.92 Å². The number of rotatable bonds is 20. The third-order valence-electron chi connectivity index (χ3n) is 6.39. The molecule has 1 N–H and O–H groups in total. The minimum Gasteiger partial charge on any atom is -0.508 e. The van der Waals surface area contributed by atoms with Crippen LogP contribution in [0.1, 0.15) is 135 Å². The molecule has 0 saturated carbocycles. The Balaban J connectivity index is 2.23. The summed E-state index contributed by atoms with van der Waals surface area (Å²) >= 11 is 0. The van der Waals surface area contributed by atoms with Gasteiger partial charge in [0.1, 0.15) is 5.75 Å². The number of phenols is 1. The first-order chi connectivity index (χ1) is 14.3. The second kappa shape index (κ2) is 19.0. The Kier molecular flexibility index (Phi) is 17.1. The number of aromatic hydroxyl groups is 1. The van der Waals surface area contributed by atoms with Crippen LogP contribution in [0.3, 0.4) is 0 Å². The molecule has 0 atom stereocenters. The van der Waals surface area contributed by atoms with Crippen LogP contribution in [0.2, 0.25) is 0 Å². The van der Waals surface area contributed by atoms with Gasteiger partial charge in [0.25, 0.3) is 0 Å². The van der Waals surface area contributed by atoms with Gasteiger partial charge in [0, 0.05) is 0 Å². The van der Waals surface area contributed by atoms with Gasteiger partial charge in [0.2, 0.25) is 0 Å². The van der Waals surface area contributed by atoms with E-state index < -0.39 is 0 Å². The zero-order valence-corrected chi connectivity index (χ0v) is 19.8. The predicted octanol–water partition coefficient (Wildman–Crippen LogP) is 9.61. The van der Waals surface area contributed by atoms with Crippen LogP contribution in [0.15, 0.2) is 24.3 Å². The van der Waals surface area contributed by atoms with Crippen LogP contribution >= 0.6 is 0 Å². The average molecular weight is 403 g/mol. The Labute approximate surface area is 182 Å². The molecule has 168 valence electrons. The van der Waals surface area contributed by atoms with Crippen molar-refractivity contribution < 1.29 is 5.11 Å². The number of unbranched alkanes of at least 4 members (excludes halogenated alkanes) is 14. The highest BCUT2D eigenvalue weighted by Crippen LogP contribution is 2.24. The van der Waals surface area contributed by atoms with Crippen LogP contribution < -0.4 is 0 Å². The molecule has 0 unspecified atom stereocenters. The maximum atomic E-state index is 9.55. The average Bonchev–Trinajstić information content (AvgIpc) is 2.73. The maximum absolute atomic E-state index is 9.55. The van der Waals surface area contributed by atoms with Crippen molar-refractivity contribution in [3.8, 4) is 5.75 Å². The molecule has 1 aromatic carbocycles. The molecule has 1 heteroatoms. The van der Waals surface area contributed by atoms with Gasteiger partial charge in [-0.1, -0.05) is 142 Å². The van der Waals surface area contributed by atoms with Crippen molar-refractivity contribution in [2.45, 2.75) is 136 Å². The second-order valence-electron chi connectivity index (χ2n) is 9.26. The fourth-order valence-corrected chi connectivity index (χ4v) is 4.45. The molecule has 0 aliphatic rings. The molecule has 0 bridgehead atoms. The molecule has 0 heterocycles. The van der Waals surface area contributed by atoms with Gasteiger partial charge in [-0.3, -0.25) is 0 Å². The minimum absolute atomic E-state index is 0.386. The lowest BCUT2D eigenvalue weighted by Gasteiger charge is -2.17. The zero-order valence-electron chi connectivity index (χ0n) is 19.8. The number of phenolic OH excluding ortho intramolecular Hbond substituents is 1. The van der Waals surface area contributed by atoms with E-state index >= 15 is 0 Å². The van der Waals surface area contributed by atoms with Crippen LogP contribution in [-0.4, -0.2) is 5.11 Å². The quantitative estimate of drug-likeness (QED) is 0.215. The third-order valence-corrected chi connectivity index (χ3v) is 6.39. The van der Waals surface area contributed by atoms with E-state index in [4.69, 9.17) is 0 Å². The molecule has 29 heavy (non-hydrogen) atoms. The molecule has 0 fully saturated rings. The zero-order chi connectivity index (χ0) is 21.0. The smallest absolute Gasteiger partial charge is 0.115 e. The van der Waals surface area contributed by atoms with Crippen molar-refractivity contribution in [1.29, 1.82) is 0 Å². The third kappa shape index (κ3) is 15.5. The summed E-state index contributed by atoms with van der Waals surface area (Å²) < 4.78 is 0. The van der Waals surface area contributed by atoms with Gasteiger partial charge >= 0.3 is 0 Å². The van der Waals surface area contributed by atoms with Crippen molar-refractivity contribution in [3.05, 3.63) is 29.8 Å². The number of benzene rings is 1.